The largest absolute Gasteiger partial charge is 0.379 e. The van der Waals surface area contributed by atoms with Crippen LogP contribution in [0.4, 0.5) is 0 Å². The maximum absolute atomic E-state index is 12.4. The predicted molar refractivity (Wildman–Crippen MR) is 90.2 cm³/mol. The molecule has 0 radical (unpaired) electrons. The molecular weight excluding hydrogens is 381 g/mol. The number of carbonyl (C=O) groups is 1. The average molecular weight is 403 g/mol. The van der Waals surface area contributed by atoms with Gasteiger partial charge in [-0.3, -0.25) is 14.7 Å². The number of carbonyl (C=O) groups excluding carboxylic acids is 1. The average Bonchev–Trinajstić information content (AvgIpc) is 2.48. The van der Waals surface area contributed by atoms with E-state index in [1.807, 2.05) is 26.0 Å². The van der Waals surface area contributed by atoms with Crippen molar-refractivity contribution in [3.05, 3.63) is 27.6 Å². The number of nitrogens with one attached hydrogen (secondary N) is 1. The smallest absolute Gasteiger partial charge is 0.231 e. The lowest BCUT2D eigenvalue weighted by molar-refractivity contribution is -0.125. The van der Waals surface area contributed by atoms with Gasteiger partial charge in [-0.1, -0.05) is 0 Å². The molecule has 1 aliphatic rings. The van der Waals surface area contributed by atoms with E-state index in [1.165, 1.54) is 0 Å². The van der Waals surface area contributed by atoms with Crippen molar-refractivity contribution in [3.8, 4) is 0 Å². The molecule has 1 amide bonds. The molecule has 2 rings (SSSR count). The Labute approximate surface area is 139 Å². The van der Waals surface area contributed by atoms with Crippen LogP contribution in [0.3, 0.4) is 0 Å². The summed E-state index contributed by atoms with van der Waals surface area (Å²) in [7, 11) is 0. The van der Waals surface area contributed by atoms with Gasteiger partial charge in [0, 0.05) is 35.9 Å². The second kappa shape index (κ2) is 7.51. The Balaban J connectivity index is 1.86. The molecule has 6 heteroatoms. The lowest BCUT2D eigenvalue weighted by Crippen LogP contribution is -2.45. The first-order chi connectivity index (χ1) is 10.00. The minimum Gasteiger partial charge on any atom is -0.379 e. The fourth-order valence-electron chi connectivity index (χ4n) is 2.24. The Morgan fingerprint density at radius 3 is 2.86 bits per heavy atom. The third-order valence-corrected chi connectivity index (χ3v) is 4.42. The van der Waals surface area contributed by atoms with Crippen LogP contribution >= 0.6 is 22.6 Å². The van der Waals surface area contributed by atoms with E-state index >= 15 is 0 Å². The quantitative estimate of drug-likeness (QED) is 0.756. The molecule has 0 spiro atoms. The van der Waals surface area contributed by atoms with Crippen molar-refractivity contribution < 1.29 is 9.53 Å². The number of nitrogens with zero attached hydrogens (tertiary/aromatic N) is 2. The standard InChI is InChI=1S/C15H22IN3O2/c1-15(2,13-11-12(16)3-4-17-13)14(20)18-5-6-19-7-9-21-10-8-19/h3-4,11H,5-10H2,1-2H3,(H,18,20). The first kappa shape index (κ1) is 16.6. The van der Waals surface area contributed by atoms with Gasteiger partial charge in [0.2, 0.25) is 5.91 Å². The maximum atomic E-state index is 12.4. The zero-order chi connectivity index (χ0) is 15.3. The fourth-order valence-corrected chi connectivity index (χ4v) is 2.69. The van der Waals surface area contributed by atoms with Gasteiger partial charge < -0.3 is 10.1 Å². The molecule has 0 bridgehead atoms. The van der Waals surface area contributed by atoms with Gasteiger partial charge in [0.25, 0.3) is 0 Å². The van der Waals surface area contributed by atoms with Crippen molar-refractivity contribution in [1.29, 1.82) is 0 Å². The first-order valence-corrected chi connectivity index (χ1v) is 8.28. The predicted octanol–water partition coefficient (Wildman–Crippen LogP) is 1.41. The Morgan fingerprint density at radius 2 is 2.19 bits per heavy atom. The molecule has 1 aliphatic heterocycles. The lowest BCUT2D eigenvalue weighted by atomic mass is 9.87. The van der Waals surface area contributed by atoms with E-state index < -0.39 is 5.41 Å². The molecule has 1 saturated heterocycles. The highest BCUT2D eigenvalue weighted by atomic mass is 127. The summed E-state index contributed by atoms with van der Waals surface area (Å²) in [6.07, 6.45) is 1.75. The summed E-state index contributed by atoms with van der Waals surface area (Å²) in [5.41, 5.74) is 0.185. The van der Waals surface area contributed by atoms with Crippen LogP contribution in [-0.4, -0.2) is 55.2 Å². The molecule has 116 valence electrons. The number of pyridine rings is 1. The van der Waals surface area contributed by atoms with Gasteiger partial charge in [0.15, 0.2) is 0 Å². The zero-order valence-corrected chi connectivity index (χ0v) is 14.7. The summed E-state index contributed by atoms with van der Waals surface area (Å²) >= 11 is 2.24. The molecule has 1 fully saturated rings. The molecule has 21 heavy (non-hydrogen) atoms. The van der Waals surface area contributed by atoms with Crippen molar-refractivity contribution in [1.82, 2.24) is 15.2 Å². The van der Waals surface area contributed by atoms with Crippen LogP contribution in [0.15, 0.2) is 18.3 Å². The molecule has 0 aliphatic carbocycles. The summed E-state index contributed by atoms with van der Waals surface area (Å²) in [4.78, 5) is 19.1. The van der Waals surface area contributed by atoms with Crippen LogP contribution in [0.1, 0.15) is 19.5 Å². The fraction of sp³-hybridized carbons (Fsp3) is 0.600. The summed E-state index contributed by atoms with van der Waals surface area (Å²) in [6, 6.07) is 3.89. The second-order valence-electron chi connectivity index (χ2n) is 5.69. The summed E-state index contributed by atoms with van der Waals surface area (Å²) < 4.78 is 6.40. The van der Waals surface area contributed by atoms with Gasteiger partial charge in [-0.15, -0.1) is 0 Å². The van der Waals surface area contributed by atoms with Crippen molar-refractivity contribution in [2.75, 3.05) is 39.4 Å². The maximum Gasteiger partial charge on any atom is 0.231 e. The Kier molecular flexibility index (Phi) is 5.95. The van der Waals surface area contributed by atoms with Crippen molar-refractivity contribution in [2.45, 2.75) is 19.3 Å². The molecular formula is C15H22IN3O2. The normalized spacial score (nSPS) is 16.7. The molecule has 1 N–H and O–H groups in total. The minimum atomic E-state index is -0.619. The van der Waals surface area contributed by atoms with Crippen molar-refractivity contribution in [2.24, 2.45) is 0 Å². The number of amides is 1. The van der Waals surface area contributed by atoms with Crippen LogP contribution in [0, 0.1) is 3.57 Å². The highest BCUT2D eigenvalue weighted by Gasteiger charge is 2.31. The Bertz CT molecular complexity index is 488. The zero-order valence-electron chi connectivity index (χ0n) is 12.6. The van der Waals surface area contributed by atoms with Crippen LogP contribution < -0.4 is 5.32 Å². The Hall–Kier alpha value is -0.730. The van der Waals surface area contributed by atoms with E-state index in [4.69, 9.17) is 4.74 Å². The SMILES string of the molecule is CC(C)(C(=O)NCCN1CCOCC1)c1cc(I)ccn1. The van der Waals surface area contributed by atoms with Crippen molar-refractivity contribution in [3.63, 3.8) is 0 Å². The third kappa shape index (κ3) is 4.62. The number of halogens is 1. The summed E-state index contributed by atoms with van der Waals surface area (Å²) in [6.45, 7) is 8.80. The van der Waals surface area contributed by atoms with E-state index in [0.29, 0.717) is 6.54 Å². The number of aromatic nitrogens is 1. The summed E-state index contributed by atoms with van der Waals surface area (Å²) in [5, 5.41) is 3.02. The van der Waals surface area contributed by atoms with Crippen LogP contribution in [0.2, 0.25) is 0 Å². The van der Waals surface area contributed by atoms with E-state index in [-0.39, 0.29) is 5.91 Å². The molecule has 1 aromatic heterocycles. The monoisotopic (exact) mass is 403 g/mol. The van der Waals surface area contributed by atoms with Gasteiger partial charge in [-0.2, -0.15) is 0 Å². The lowest BCUT2D eigenvalue weighted by Gasteiger charge is -2.28. The van der Waals surface area contributed by atoms with Gasteiger partial charge in [-0.25, -0.2) is 0 Å². The van der Waals surface area contributed by atoms with Gasteiger partial charge in [0.1, 0.15) is 0 Å². The highest BCUT2D eigenvalue weighted by molar-refractivity contribution is 14.1. The molecule has 2 heterocycles. The highest BCUT2D eigenvalue weighted by Crippen LogP contribution is 2.22. The van der Waals surface area contributed by atoms with Crippen LogP contribution in [0.25, 0.3) is 0 Å². The van der Waals surface area contributed by atoms with E-state index in [0.717, 1.165) is 42.1 Å². The molecule has 0 saturated carbocycles. The van der Waals surface area contributed by atoms with E-state index in [2.05, 4.69) is 37.8 Å². The van der Waals surface area contributed by atoms with Gasteiger partial charge >= 0.3 is 0 Å². The molecule has 0 aromatic carbocycles. The number of hydrogen-bond acceptors (Lipinski definition) is 4. The Morgan fingerprint density at radius 1 is 1.48 bits per heavy atom. The molecule has 0 unspecified atom stereocenters. The van der Waals surface area contributed by atoms with Crippen molar-refractivity contribution >= 4 is 28.5 Å². The van der Waals surface area contributed by atoms with Gasteiger partial charge in [-0.05, 0) is 48.6 Å². The summed E-state index contributed by atoms with van der Waals surface area (Å²) in [5.74, 6) is 0.0188. The number of hydrogen-bond donors (Lipinski definition) is 1. The van der Waals surface area contributed by atoms with E-state index in [1.54, 1.807) is 6.20 Å². The first-order valence-electron chi connectivity index (χ1n) is 7.20. The van der Waals surface area contributed by atoms with Gasteiger partial charge in [0.05, 0.1) is 24.3 Å². The topological polar surface area (TPSA) is 54.5 Å². The minimum absolute atomic E-state index is 0.0188. The van der Waals surface area contributed by atoms with E-state index in [9.17, 15) is 4.79 Å². The molecule has 5 nitrogen and oxygen atoms in total. The number of morpholine rings is 1. The number of rotatable bonds is 5. The third-order valence-electron chi connectivity index (χ3n) is 3.75. The molecule has 0 atom stereocenters. The van der Waals surface area contributed by atoms with Crippen LogP contribution in [-0.2, 0) is 14.9 Å². The van der Waals surface area contributed by atoms with Crippen LogP contribution in [0.5, 0.6) is 0 Å². The second-order valence-corrected chi connectivity index (χ2v) is 6.94. The molecule has 1 aromatic rings. The number of ether oxygens (including phenoxy) is 1.